The van der Waals surface area contributed by atoms with Crippen LogP contribution in [0.5, 0.6) is 0 Å². The summed E-state index contributed by atoms with van der Waals surface area (Å²) in [5, 5.41) is 2.95. The van der Waals surface area contributed by atoms with Crippen LogP contribution in [0.4, 0.5) is 5.69 Å². The lowest BCUT2D eigenvalue weighted by molar-refractivity contribution is 0.102. The summed E-state index contributed by atoms with van der Waals surface area (Å²) in [6.45, 7) is 8.58. The topological polar surface area (TPSA) is 55.1 Å². The molecule has 4 rings (SSSR count). The molecule has 158 valence electrons. The Labute approximate surface area is 190 Å². The molecular formula is C26H25BrN2O2. The minimum Gasteiger partial charge on any atom is -0.435 e. The van der Waals surface area contributed by atoms with E-state index in [0.717, 1.165) is 33.2 Å². The summed E-state index contributed by atoms with van der Waals surface area (Å²) in [4.78, 5) is 17.2. The Morgan fingerprint density at radius 2 is 1.71 bits per heavy atom. The van der Waals surface area contributed by atoms with E-state index in [0.29, 0.717) is 11.5 Å². The van der Waals surface area contributed by atoms with Crippen LogP contribution in [0.15, 0.2) is 69.6 Å². The predicted octanol–water partition coefficient (Wildman–Crippen LogP) is 7.37. The second-order valence-corrected chi connectivity index (χ2v) is 9.51. The van der Waals surface area contributed by atoms with E-state index >= 15 is 0 Å². The Hall–Kier alpha value is -2.92. The number of aryl methyl sites for hydroxylation is 1. The van der Waals surface area contributed by atoms with Gasteiger partial charge in [0.05, 0.1) is 4.47 Å². The molecule has 3 aromatic carbocycles. The van der Waals surface area contributed by atoms with Crippen LogP contribution < -0.4 is 5.32 Å². The van der Waals surface area contributed by atoms with E-state index < -0.39 is 0 Å². The number of oxazole rings is 1. The van der Waals surface area contributed by atoms with Crippen LogP contribution >= 0.6 is 15.9 Å². The minimum atomic E-state index is -0.133. The monoisotopic (exact) mass is 476 g/mol. The molecule has 0 aliphatic heterocycles. The maximum Gasteiger partial charge on any atom is 0.255 e. The first-order valence-electron chi connectivity index (χ1n) is 10.4. The molecule has 5 heteroatoms. The van der Waals surface area contributed by atoms with Crippen LogP contribution in [0, 0.1) is 0 Å². The average molecular weight is 477 g/mol. The normalized spacial score (nSPS) is 11.6. The Morgan fingerprint density at radius 3 is 2.32 bits per heavy atom. The largest absolute Gasteiger partial charge is 0.435 e. The third-order valence-corrected chi connectivity index (χ3v) is 5.90. The number of aromatic nitrogens is 1. The molecule has 1 aromatic heterocycles. The first kappa shape index (κ1) is 21.3. The van der Waals surface area contributed by atoms with Gasteiger partial charge in [-0.2, -0.15) is 0 Å². The maximum absolute atomic E-state index is 12.6. The van der Waals surface area contributed by atoms with Crippen LogP contribution in [0.3, 0.4) is 0 Å². The van der Waals surface area contributed by atoms with Gasteiger partial charge in [0.1, 0.15) is 5.52 Å². The molecular weight excluding hydrogens is 452 g/mol. The van der Waals surface area contributed by atoms with Gasteiger partial charge in [-0.1, -0.05) is 39.8 Å². The Morgan fingerprint density at radius 1 is 1.03 bits per heavy atom. The Balaban J connectivity index is 1.51. The van der Waals surface area contributed by atoms with Crippen LogP contribution in [0.25, 0.3) is 22.6 Å². The quantitative estimate of drug-likeness (QED) is 0.334. The number of hydrogen-bond donors (Lipinski definition) is 1. The van der Waals surface area contributed by atoms with E-state index in [1.54, 1.807) is 0 Å². The van der Waals surface area contributed by atoms with E-state index in [9.17, 15) is 4.79 Å². The zero-order valence-electron chi connectivity index (χ0n) is 18.1. The van der Waals surface area contributed by atoms with Crippen molar-refractivity contribution in [2.45, 2.75) is 39.5 Å². The van der Waals surface area contributed by atoms with E-state index in [4.69, 9.17) is 4.42 Å². The van der Waals surface area contributed by atoms with Gasteiger partial charge in [0.2, 0.25) is 5.89 Å². The van der Waals surface area contributed by atoms with E-state index in [1.807, 2.05) is 54.6 Å². The molecule has 4 nitrogen and oxygen atoms in total. The lowest BCUT2D eigenvalue weighted by Crippen LogP contribution is -2.14. The number of nitrogens with one attached hydrogen (secondary N) is 1. The van der Waals surface area contributed by atoms with Crippen molar-refractivity contribution in [2.24, 2.45) is 0 Å². The van der Waals surface area contributed by atoms with E-state index in [-0.39, 0.29) is 11.3 Å². The molecule has 1 N–H and O–H groups in total. The highest BCUT2D eigenvalue weighted by Gasteiger charge is 2.15. The highest BCUT2D eigenvalue weighted by molar-refractivity contribution is 9.10. The average Bonchev–Trinajstić information content (AvgIpc) is 3.18. The molecule has 0 atom stereocenters. The standard InChI is InChI=1S/C26H25BrN2O2/c1-5-16-14-21(27)23-22(15-16)29-25(31-23)18-8-12-20(13-9-18)28-24(30)17-6-10-19(11-7-17)26(2,3)4/h6-15H,5H2,1-4H3,(H,28,30). The summed E-state index contributed by atoms with van der Waals surface area (Å²) in [6, 6.07) is 19.4. The van der Waals surface area contributed by atoms with Gasteiger partial charge < -0.3 is 9.73 Å². The number of hydrogen-bond acceptors (Lipinski definition) is 3. The molecule has 0 unspecified atom stereocenters. The van der Waals surface area contributed by atoms with Gasteiger partial charge in [-0.05, 0) is 87.4 Å². The molecule has 0 spiro atoms. The smallest absolute Gasteiger partial charge is 0.255 e. The number of nitrogens with zero attached hydrogens (tertiary/aromatic N) is 1. The molecule has 31 heavy (non-hydrogen) atoms. The Kier molecular flexibility index (Phi) is 5.71. The minimum absolute atomic E-state index is 0.0588. The molecule has 0 saturated carbocycles. The fourth-order valence-electron chi connectivity index (χ4n) is 3.40. The molecule has 0 bridgehead atoms. The molecule has 0 fully saturated rings. The summed E-state index contributed by atoms with van der Waals surface area (Å²) in [5.41, 5.74) is 6.24. The van der Waals surface area contributed by atoms with Gasteiger partial charge in [-0.15, -0.1) is 0 Å². The van der Waals surface area contributed by atoms with Crippen molar-refractivity contribution in [1.29, 1.82) is 0 Å². The molecule has 4 aromatic rings. The molecule has 1 heterocycles. The van der Waals surface area contributed by atoms with Crippen molar-refractivity contribution in [3.05, 3.63) is 81.8 Å². The zero-order chi connectivity index (χ0) is 22.2. The summed E-state index contributed by atoms with van der Waals surface area (Å²) < 4.78 is 6.87. The first-order chi connectivity index (χ1) is 14.7. The number of fused-ring (bicyclic) bond motifs is 1. The number of halogens is 1. The number of benzene rings is 3. The highest BCUT2D eigenvalue weighted by atomic mass is 79.9. The van der Waals surface area contributed by atoms with Crippen molar-refractivity contribution >= 4 is 38.6 Å². The molecule has 0 radical (unpaired) electrons. The third-order valence-electron chi connectivity index (χ3n) is 5.32. The van der Waals surface area contributed by atoms with E-state index in [1.165, 1.54) is 11.1 Å². The lowest BCUT2D eigenvalue weighted by Gasteiger charge is -2.19. The Bertz CT molecular complexity index is 1230. The van der Waals surface area contributed by atoms with Crippen LogP contribution in [-0.4, -0.2) is 10.9 Å². The molecule has 0 saturated heterocycles. The summed E-state index contributed by atoms with van der Waals surface area (Å²) in [7, 11) is 0. The maximum atomic E-state index is 12.6. The number of carbonyl (C=O) groups excluding carboxylic acids is 1. The second-order valence-electron chi connectivity index (χ2n) is 8.66. The molecule has 1 amide bonds. The fourth-order valence-corrected chi connectivity index (χ4v) is 3.97. The number of carbonyl (C=O) groups is 1. The number of amides is 1. The van der Waals surface area contributed by atoms with Gasteiger partial charge in [0.15, 0.2) is 5.58 Å². The van der Waals surface area contributed by atoms with Crippen molar-refractivity contribution in [1.82, 2.24) is 4.98 Å². The number of anilines is 1. The first-order valence-corrected chi connectivity index (χ1v) is 11.1. The predicted molar refractivity (Wildman–Crippen MR) is 130 cm³/mol. The zero-order valence-corrected chi connectivity index (χ0v) is 19.7. The van der Waals surface area contributed by atoms with Crippen LogP contribution in [0.1, 0.15) is 49.2 Å². The van der Waals surface area contributed by atoms with Crippen LogP contribution in [-0.2, 0) is 11.8 Å². The van der Waals surface area contributed by atoms with Gasteiger partial charge >= 0.3 is 0 Å². The number of rotatable bonds is 4. The summed E-state index contributed by atoms with van der Waals surface area (Å²) in [5.74, 6) is 0.422. The van der Waals surface area contributed by atoms with Crippen molar-refractivity contribution in [3.8, 4) is 11.5 Å². The highest BCUT2D eigenvalue weighted by Crippen LogP contribution is 2.31. The molecule has 0 aliphatic rings. The van der Waals surface area contributed by atoms with Crippen molar-refractivity contribution < 1.29 is 9.21 Å². The van der Waals surface area contributed by atoms with Gasteiger partial charge in [0, 0.05) is 16.8 Å². The van der Waals surface area contributed by atoms with Crippen molar-refractivity contribution in [3.63, 3.8) is 0 Å². The van der Waals surface area contributed by atoms with Crippen LogP contribution in [0.2, 0.25) is 0 Å². The van der Waals surface area contributed by atoms with E-state index in [2.05, 4.69) is 60.0 Å². The molecule has 0 aliphatic carbocycles. The third kappa shape index (κ3) is 4.57. The fraction of sp³-hybridized carbons (Fsp3) is 0.231. The second kappa shape index (κ2) is 8.31. The van der Waals surface area contributed by atoms with Gasteiger partial charge in [0.25, 0.3) is 5.91 Å². The van der Waals surface area contributed by atoms with Gasteiger partial charge in [-0.3, -0.25) is 4.79 Å². The summed E-state index contributed by atoms with van der Waals surface area (Å²) >= 11 is 3.57. The lowest BCUT2D eigenvalue weighted by atomic mass is 9.87. The SMILES string of the molecule is CCc1cc(Br)c2oc(-c3ccc(NC(=O)c4ccc(C(C)(C)C)cc4)cc3)nc2c1. The summed E-state index contributed by atoms with van der Waals surface area (Å²) in [6.07, 6.45) is 0.935. The van der Waals surface area contributed by atoms with Crippen molar-refractivity contribution in [2.75, 3.05) is 5.32 Å². The van der Waals surface area contributed by atoms with Gasteiger partial charge in [-0.25, -0.2) is 4.98 Å².